The number of likely N-dealkylation sites (tertiary alicyclic amines) is 1. The maximum atomic E-state index is 12.8. The van der Waals surface area contributed by atoms with E-state index >= 15 is 0 Å². The molecular weight excluding hydrogens is 388 g/mol. The molecule has 1 heterocycles. The summed E-state index contributed by atoms with van der Waals surface area (Å²) in [4.78, 5) is 27.1. The van der Waals surface area contributed by atoms with Gasteiger partial charge in [0, 0.05) is 29.4 Å². The molecule has 3 rings (SSSR count). The second kappa shape index (κ2) is 8.87. The van der Waals surface area contributed by atoms with Gasteiger partial charge in [0.05, 0.1) is 5.69 Å². The van der Waals surface area contributed by atoms with Gasteiger partial charge in [-0.3, -0.25) is 9.59 Å². The van der Waals surface area contributed by atoms with Gasteiger partial charge in [-0.2, -0.15) is 0 Å². The third kappa shape index (κ3) is 5.51. The highest BCUT2D eigenvalue weighted by Crippen LogP contribution is 2.33. The number of benzene rings is 2. The molecule has 0 aliphatic carbocycles. The fraction of sp³-hybridized carbons (Fsp3) is 0.391. The topological polar surface area (TPSA) is 58.6 Å². The Labute approximate surface area is 177 Å². The number of para-hydroxylation sites is 1. The van der Waals surface area contributed by atoms with Crippen LogP contribution in [-0.4, -0.2) is 29.8 Å². The van der Waals surface area contributed by atoms with Crippen LogP contribution >= 0.6 is 11.6 Å². The molecule has 0 spiro atoms. The third-order valence-electron chi connectivity index (χ3n) is 4.97. The van der Waals surface area contributed by atoms with Gasteiger partial charge in [0.2, 0.25) is 11.8 Å². The van der Waals surface area contributed by atoms with Crippen molar-refractivity contribution < 1.29 is 14.3 Å². The van der Waals surface area contributed by atoms with Crippen molar-refractivity contribution in [2.45, 2.75) is 33.6 Å². The summed E-state index contributed by atoms with van der Waals surface area (Å²) in [5.74, 6) is 1.12. The van der Waals surface area contributed by atoms with Crippen LogP contribution in [0.15, 0.2) is 48.5 Å². The lowest BCUT2D eigenvalue weighted by Gasteiger charge is -2.35. The first-order chi connectivity index (χ1) is 13.7. The lowest BCUT2D eigenvalue weighted by atomic mass is 9.90. The van der Waals surface area contributed by atoms with E-state index in [0.717, 1.165) is 0 Å². The van der Waals surface area contributed by atoms with Gasteiger partial charge >= 0.3 is 0 Å². The molecule has 2 amide bonds. The molecule has 0 bridgehead atoms. The van der Waals surface area contributed by atoms with Crippen molar-refractivity contribution in [3.8, 4) is 11.5 Å². The lowest BCUT2D eigenvalue weighted by molar-refractivity contribution is -0.142. The predicted molar refractivity (Wildman–Crippen MR) is 115 cm³/mol. The molecule has 0 radical (unpaired) electrons. The molecule has 1 aliphatic heterocycles. The summed E-state index contributed by atoms with van der Waals surface area (Å²) in [6, 6.07) is 14.5. The van der Waals surface area contributed by atoms with Gasteiger partial charge in [-0.05, 0) is 43.2 Å². The zero-order valence-corrected chi connectivity index (χ0v) is 17.8. The van der Waals surface area contributed by atoms with E-state index in [9.17, 15) is 9.59 Å². The number of hydrogen-bond donors (Lipinski definition) is 1. The van der Waals surface area contributed by atoms with Crippen molar-refractivity contribution in [3.63, 3.8) is 0 Å². The summed E-state index contributed by atoms with van der Waals surface area (Å²) in [7, 11) is 0. The molecule has 2 aromatic carbocycles. The Morgan fingerprint density at radius 1 is 1.07 bits per heavy atom. The van der Waals surface area contributed by atoms with Crippen molar-refractivity contribution in [2.75, 3.05) is 18.4 Å². The summed E-state index contributed by atoms with van der Waals surface area (Å²) < 4.78 is 5.91. The van der Waals surface area contributed by atoms with Gasteiger partial charge in [0.1, 0.15) is 5.75 Å². The lowest BCUT2D eigenvalue weighted by Crippen LogP contribution is -2.45. The van der Waals surface area contributed by atoms with Crippen LogP contribution in [0.3, 0.4) is 0 Å². The number of nitrogens with zero attached hydrogens (tertiary/aromatic N) is 1. The molecule has 0 atom stereocenters. The summed E-state index contributed by atoms with van der Waals surface area (Å²) in [5, 5.41) is 3.48. The first kappa shape index (κ1) is 21.2. The van der Waals surface area contributed by atoms with Crippen LogP contribution in [-0.2, 0) is 9.59 Å². The fourth-order valence-electron chi connectivity index (χ4n) is 3.36. The largest absolute Gasteiger partial charge is 0.455 e. The van der Waals surface area contributed by atoms with Gasteiger partial charge in [-0.1, -0.05) is 50.6 Å². The van der Waals surface area contributed by atoms with Crippen molar-refractivity contribution >= 4 is 29.1 Å². The van der Waals surface area contributed by atoms with E-state index in [4.69, 9.17) is 16.3 Å². The Morgan fingerprint density at radius 2 is 1.72 bits per heavy atom. The van der Waals surface area contributed by atoms with Crippen LogP contribution in [0.2, 0.25) is 5.02 Å². The maximum absolute atomic E-state index is 12.8. The molecule has 154 valence electrons. The van der Waals surface area contributed by atoms with Crippen LogP contribution in [0.1, 0.15) is 33.6 Å². The molecule has 0 saturated carbocycles. The Hall–Kier alpha value is -2.53. The normalized spacial score (nSPS) is 15.1. The molecule has 1 saturated heterocycles. The van der Waals surface area contributed by atoms with Crippen LogP contribution in [0.5, 0.6) is 11.5 Å². The first-order valence-corrected chi connectivity index (χ1v) is 10.2. The number of piperidine rings is 1. The minimum atomic E-state index is -0.403. The zero-order chi connectivity index (χ0) is 21.0. The van der Waals surface area contributed by atoms with Crippen molar-refractivity contribution in [2.24, 2.45) is 11.3 Å². The Bertz CT molecular complexity index is 869. The number of amides is 2. The first-order valence-electron chi connectivity index (χ1n) is 9.87. The molecule has 2 aromatic rings. The highest BCUT2D eigenvalue weighted by molar-refractivity contribution is 6.31. The molecule has 29 heavy (non-hydrogen) atoms. The molecule has 5 nitrogen and oxygen atoms in total. The average Bonchev–Trinajstić information content (AvgIpc) is 2.69. The van der Waals surface area contributed by atoms with E-state index in [2.05, 4.69) is 5.32 Å². The number of halogens is 1. The molecule has 1 aliphatic rings. The van der Waals surface area contributed by atoms with Crippen LogP contribution in [0.25, 0.3) is 0 Å². The molecule has 6 heteroatoms. The summed E-state index contributed by atoms with van der Waals surface area (Å²) in [5.41, 5.74) is 0.138. The second-order valence-corrected chi connectivity index (χ2v) is 8.80. The van der Waals surface area contributed by atoms with Gasteiger partial charge in [0.25, 0.3) is 0 Å². The molecule has 0 unspecified atom stereocenters. The Balaban J connectivity index is 1.65. The monoisotopic (exact) mass is 414 g/mol. The number of ether oxygens (including phenoxy) is 1. The maximum Gasteiger partial charge on any atom is 0.227 e. The average molecular weight is 415 g/mol. The number of carbonyl (C=O) groups is 2. The summed E-state index contributed by atoms with van der Waals surface area (Å²) >= 11 is 6.13. The minimum absolute atomic E-state index is 0.0759. The Morgan fingerprint density at radius 3 is 2.34 bits per heavy atom. The smallest absolute Gasteiger partial charge is 0.227 e. The highest BCUT2D eigenvalue weighted by Gasteiger charge is 2.32. The predicted octanol–water partition coefficient (Wildman–Crippen LogP) is 5.36. The number of hydrogen-bond acceptors (Lipinski definition) is 3. The molecule has 1 N–H and O–H groups in total. The fourth-order valence-corrected chi connectivity index (χ4v) is 3.53. The van der Waals surface area contributed by atoms with Gasteiger partial charge in [-0.25, -0.2) is 0 Å². The minimum Gasteiger partial charge on any atom is -0.455 e. The zero-order valence-electron chi connectivity index (χ0n) is 17.1. The van der Waals surface area contributed by atoms with E-state index in [-0.39, 0.29) is 17.7 Å². The van der Waals surface area contributed by atoms with E-state index in [1.54, 1.807) is 18.2 Å². The van der Waals surface area contributed by atoms with Crippen molar-refractivity contribution in [1.82, 2.24) is 4.90 Å². The molecular formula is C23H27ClN2O3. The van der Waals surface area contributed by atoms with Crippen LogP contribution in [0, 0.1) is 11.3 Å². The quantitative estimate of drug-likeness (QED) is 0.733. The van der Waals surface area contributed by atoms with E-state index in [0.29, 0.717) is 48.1 Å². The van der Waals surface area contributed by atoms with E-state index in [1.807, 2.05) is 56.0 Å². The highest BCUT2D eigenvalue weighted by atomic mass is 35.5. The summed E-state index contributed by atoms with van der Waals surface area (Å²) in [6.07, 6.45) is 1.28. The summed E-state index contributed by atoms with van der Waals surface area (Å²) in [6.45, 7) is 6.94. The third-order valence-corrected chi connectivity index (χ3v) is 5.20. The van der Waals surface area contributed by atoms with E-state index < -0.39 is 5.41 Å². The number of rotatable bonds is 4. The Kier molecular flexibility index (Phi) is 6.48. The number of nitrogens with one attached hydrogen (secondary N) is 1. The number of anilines is 1. The van der Waals surface area contributed by atoms with Gasteiger partial charge < -0.3 is 15.0 Å². The van der Waals surface area contributed by atoms with E-state index in [1.165, 1.54) is 0 Å². The van der Waals surface area contributed by atoms with Gasteiger partial charge in [0.15, 0.2) is 5.75 Å². The molecule has 1 fully saturated rings. The van der Waals surface area contributed by atoms with Crippen molar-refractivity contribution in [1.29, 1.82) is 0 Å². The SMILES string of the molecule is CC(C)(C)C(=O)N1CCC(C(=O)Nc2cc(Cl)ccc2Oc2ccccc2)CC1. The standard InChI is InChI=1S/C23H27ClN2O3/c1-23(2,3)22(28)26-13-11-16(12-14-26)21(27)25-19-15-17(24)9-10-20(19)29-18-7-5-4-6-8-18/h4-10,15-16H,11-14H2,1-3H3,(H,25,27). The van der Waals surface area contributed by atoms with Crippen LogP contribution in [0.4, 0.5) is 5.69 Å². The van der Waals surface area contributed by atoms with Crippen LogP contribution < -0.4 is 10.1 Å². The number of carbonyl (C=O) groups excluding carboxylic acids is 2. The molecule has 0 aromatic heterocycles. The second-order valence-electron chi connectivity index (χ2n) is 8.36. The van der Waals surface area contributed by atoms with Crippen molar-refractivity contribution in [3.05, 3.63) is 53.6 Å². The van der Waals surface area contributed by atoms with Gasteiger partial charge in [-0.15, -0.1) is 0 Å².